The average Bonchev–Trinajstić information content (AvgIpc) is 3.40. The molecule has 2 heterocycles. The van der Waals surface area contributed by atoms with Gasteiger partial charge >= 0.3 is 6.03 Å². The summed E-state index contributed by atoms with van der Waals surface area (Å²) >= 11 is 0. The molecule has 2 aliphatic rings. The van der Waals surface area contributed by atoms with Gasteiger partial charge in [-0.25, -0.2) is 4.79 Å². The first-order chi connectivity index (χ1) is 15.5. The van der Waals surface area contributed by atoms with Crippen LogP contribution in [0.25, 0.3) is 17.0 Å². The van der Waals surface area contributed by atoms with E-state index in [0.29, 0.717) is 6.54 Å². The maximum Gasteiger partial charge on any atom is 0.331 e. The number of carbonyl (C=O) groups excluding carboxylic acids is 3. The molecule has 1 saturated heterocycles. The van der Waals surface area contributed by atoms with Crippen molar-refractivity contribution in [1.82, 2.24) is 14.8 Å². The van der Waals surface area contributed by atoms with Crippen LogP contribution in [-0.2, 0) is 16.1 Å². The van der Waals surface area contributed by atoms with Gasteiger partial charge in [-0.3, -0.25) is 19.8 Å². The number of amides is 4. The molecule has 0 radical (unpaired) electrons. The zero-order valence-corrected chi connectivity index (χ0v) is 18.0. The van der Waals surface area contributed by atoms with E-state index in [4.69, 9.17) is 0 Å². The molecule has 0 bridgehead atoms. The molecule has 1 saturated carbocycles. The zero-order valence-electron chi connectivity index (χ0n) is 18.0. The Bertz CT molecular complexity index is 1260. The summed E-state index contributed by atoms with van der Waals surface area (Å²) < 4.78 is 2.13. The molecule has 1 aliphatic carbocycles. The van der Waals surface area contributed by atoms with Gasteiger partial charge in [0.25, 0.3) is 11.8 Å². The van der Waals surface area contributed by atoms with Crippen LogP contribution < -0.4 is 5.32 Å². The van der Waals surface area contributed by atoms with Crippen molar-refractivity contribution in [2.24, 2.45) is 0 Å². The SMILES string of the molecule is Cc1cccc(Cn2cc(/C=C3\C(=O)NC(=O)N(C4CCCC4)C3=O)c3ccccc32)c1. The first-order valence-electron chi connectivity index (χ1n) is 11.1. The van der Waals surface area contributed by atoms with Gasteiger partial charge in [0.1, 0.15) is 5.57 Å². The second kappa shape index (κ2) is 8.11. The fourth-order valence-electron chi connectivity index (χ4n) is 4.85. The van der Waals surface area contributed by atoms with Crippen LogP contribution >= 0.6 is 0 Å². The first kappa shape index (κ1) is 20.2. The van der Waals surface area contributed by atoms with E-state index in [1.54, 1.807) is 6.08 Å². The minimum atomic E-state index is -0.634. The molecule has 6 nitrogen and oxygen atoms in total. The molecule has 1 aromatic heterocycles. The van der Waals surface area contributed by atoms with Gasteiger partial charge in [-0.1, -0.05) is 60.9 Å². The van der Waals surface area contributed by atoms with Gasteiger partial charge in [0.05, 0.1) is 0 Å². The summed E-state index contributed by atoms with van der Waals surface area (Å²) in [6.45, 7) is 2.75. The Hall–Kier alpha value is -3.67. The van der Waals surface area contributed by atoms with E-state index in [-0.39, 0.29) is 11.6 Å². The molecule has 0 atom stereocenters. The number of nitrogens with zero attached hydrogens (tertiary/aromatic N) is 2. The number of aryl methyl sites for hydroxylation is 1. The molecule has 1 N–H and O–H groups in total. The van der Waals surface area contributed by atoms with Crippen molar-refractivity contribution in [3.8, 4) is 0 Å². The number of urea groups is 1. The number of hydrogen-bond acceptors (Lipinski definition) is 3. The Kier molecular flexibility index (Phi) is 5.13. The largest absolute Gasteiger partial charge is 0.342 e. The lowest BCUT2D eigenvalue weighted by atomic mass is 10.0. The van der Waals surface area contributed by atoms with E-state index in [2.05, 4.69) is 35.0 Å². The summed E-state index contributed by atoms with van der Waals surface area (Å²) in [5.41, 5.74) is 4.19. The van der Waals surface area contributed by atoms with Gasteiger partial charge in [-0.05, 0) is 37.5 Å². The number of aromatic nitrogens is 1. The highest BCUT2D eigenvalue weighted by Crippen LogP contribution is 2.29. The molecule has 5 rings (SSSR count). The van der Waals surface area contributed by atoms with E-state index in [0.717, 1.165) is 42.1 Å². The Morgan fingerprint density at radius 3 is 2.59 bits per heavy atom. The topological polar surface area (TPSA) is 71.4 Å². The zero-order chi connectivity index (χ0) is 22.2. The smallest absolute Gasteiger partial charge is 0.331 e. The van der Waals surface area contributed by atoms with Crippen molar-refractivity contribution in [3.05, 3.63) is 77.0 Å². The van der Waals surface area contributed by atoms with E-state index in [1.165, 1.54) is 16.0 Å². The highest BCUT2D eigenvalue weighted by atomic mass is 16.2. The normalized spacial score (nSPS) is 18.7. The molecule has 6 heteroatoms. The van der Waals surface area contributed by atoms with Gasteiger partial charge in [-0.15, -0.1) is 0 Å². The summed E-state index contributed by atoms with van der Waals surface area (Å²) in [6.07, 6.45) is 7.15. The Morgan fingerprint density at radius 2 is 1.81 bits per heavy atom. The minimum absolute atomic E-state index is 0.00922. The van der Waals surface area contributed by atoms with Crippen molar-refractivity contribution in [1.29, 1.82) is 0 Å². The van der Waals surface area contributed by atoms with Crippen LogP contribution in [0, 0.1) is 6.92 Å². The molecule has 1 aliphatic heterocycles. The van der Waals surface area contributed by atoms with Crippen molar-refractivity contribution >= 4 is 34.8 Å². The third-order valence-electron chi connectivity index (χ3n) is 6.38. The summed E-state index contributed by atoms with van der Waals surface area (Å²) in [5.74, 6) is -1.13. The molecule has 4 amide bonds. The Labute approximate surface area is 186 Å². The fraction of sp³-hybridized carbons (Fsp3) is 0.269. The van der Waals surface area contributed by atoms with E-state index >= 15 is 0 Å². The van der Waals surface area contributed by atoms with Gasteiger partial charge in [0.2, 0.25) is 0 Å². The standard InChI is InChI=1S/C26H25N3O3/c1-17-7-6-8-18(13-17)15-28-16-19(21-11-4-5-12-23(21)28)14-22-24(30)27-26(32)29(25(22)31)20-9-2-3-10-20/h4-8,11-14,16,20H,2-3,9-10,15H2,1H3,(H,27,30,32)/b22-14+. The lowest BCUT2D eigenvalue weighted by Crippen LogP contribution is -2.57. The molecule has 0 unspecified atom stereocenters. The number of rotatable bonds is 4. The predicted octanol–water partition coefficient (Wildman–Crippen LogP) is 4.40. The lowest BCUT2D eigenvalue weighted by Gasteiger charge is -2.31. The maximum absolute atomic E-state index is 13.2. The van der Waals surface area contributed by atoms with Gasteiger partial charge in [-0.2, -0.15) is 0 Å². The molecule has 0 spiro atoms. The van der Waals surface area contributed by atoms with Crippen molar-refractivity contribution in [2.45, 2.75) is 45.2 Å². The summed E-state index contributed by atoms with van der Waals surface area (Å²) in [6, 6.07) is 15.5. The van der Waals surface area contributed by atoms with Crippen molar-refractivity contribution in [3.63, 3.8) is 0 Å². The number of hydrogen-bond donors (Lipinski definition) is 1. The number of benzene rings is 2. The van der Waals surface area contributed by atoms with Crippen LogP contribution in [0.5, 0.6) is 0 Å². The summed E-state index contributed by atoms with van der Waals surface area (Å²) in [7, 11) is 0. The van der Waals surface area contributed by atoms with Gasteiger partial charge in [0.15, 0.2) is 0 Å². The quantitative estimate of drug-likeness (QED) is 0.495. The molecular formula is C26H25N3O3. The summed E-state index contributed by atoms with van der Waals surface area (Å²) in [4.78, 5) is 39.4. The number of imide groups is 2. The van der Waals surface area contributed by atoms with Crippen molar-refractivity contribution in [2.75, 3.05) is 0 Å². The maximum atomic E-state index is 13.2. The molecule has 3 aromatic rings. The van der Waals surface area contributed by atoms with E-state index < -0.39 is 17.8 Å². The van der Waals surface area contributed by atoms with Crippen LogP contribution in [0.4, 0.5) is 4.79 Å². The second-order valence-electron chi connectivity index (χ2n) is 8.65. The molecule has 32 heavy (non-hydrogen) atoms. The number of fused-ring (bicyclic) bond motifs is 1. The van der Waals surface area contributed by atoms with Crippen LogP contribution in [-0.4, -0.2) is 33.4 Å². The predicted molar refractivity (Wildman–Crippen MR) is 123 cm³/mol. The summed E-state index contributed by atoms with van der Waals surface area (Å²) in [5, 5.41) is 3.32. The third-order valence-corrected chi connectivity index (χ3v) is 6.38. The van der Waals surface area contributed by atoms with Crippen LogP contribution in [0.15, 0.2) is 60.3 Å². The van der Waals surface area contributed by atoms with Crippen LogP contribution in [0.1, 0.15) is 42.4 Å². The molecule has 162 valence electrons. The Balaban J connectivity index is 1.54. The van der Waals surface area contributed by atoms with Gasteiger partial charge in [0, 0.05) is 35.2 Å². The third kappa shape index (κ3) is 3.62. The average molecular weight is 428 g/mol. The number of carbonyl (C=O) groups is 3. The van der Waals surface area contributed by atoms with Crippen LogP contribution in [0.2, 0.25) is 0 Å². The van der Waals surface area contributed by atoms with Crippen LogP contribution in [0.3, 0.4) is 0 Å². The highest BCUT2D eigenvalue weighted by Gasteiger charge is 2.40. The molecule has 2 fully saturated rings. The Morgan fingerprint density at radius 1 is 1.03 bits per heavy atom. The minimum Gasteiger partial charge on any atom is -0.342 e. The van der Waals surface area contributed by atoms with Gasteiger partial charge < -0.3 is 4.57 Å². The second-order valence-corrected chi connectivity index (χ2v) is 8.65. The molecular weight excluding hydrogens is 402 g/mol. The molecule has 2 aromatic carbocycles. The van der Waals surface area contributed by atoms with Crippen molar-refractivity contribution < 1.29 is 14.4 Å². The number of nitrogens with one attached hydrogen (secondary N) is 1. The first-order valence-corrected chi connectivity index (χ1v) is 11.1. The number of barbiturate groups is 1. The van der Waals surface area contributed by atoms with E-state index in [1.807, 2.05) is 36.5 Å². The fourth-order valence-corrected chi connectivity index (χ4v) is 4.85. The van der Waals surface area contributed by atoms with E-state index in [9.17, 15) is 14.4 Å². The monoisotopic (exact) mass is 427 g/mol. The number of para-hydroxylation sites is 1. The highest BCUT2D eigenvalue weighted by molar-refractivity contribution is 6.31. The lowest BCUT2D eigenvalue weighted by molar-refractivity contribution is -0.131.